The fraction of sp³-hybridized carbons (Fsp3) is 0.296. The van der Waals surface area contributed by atoms with Gasteiger partial charge in [-0.2, -0.15) is 26.3 Å². The van der Waals surface area contributed by atoms with E-state index in [-0.39, 0.29) is 19.5 Å². The van der Waals surface area contributed by atoms with Gasteiger partial charge in [0, 0.05) is 31.7 Å². The van der Waals surface area contributed by atoms with Crippen molar-refractivity contribution in [2.45, 2.75) is 25.2 Å². The van der Waals surface area contributed by atoms with Gasteiger partial charge in [0.2, 0.25) is 0 Å². The van der Waals surface area contributed by atoms with Crippen LogP contribution < -0.4 is 5.32 Å². The lowest BCUT2D eigenvalue weighted by molar-refractivity contribution is -0.144. The average molecular weight is 506 g/mol. The number of hydrogen-bond donors (Lipinski definition) is 1. The van der Waals surface area contributed by atoms with Crippen molar-refractivity contribution in [2.75, 3.05) is 26.2 Å². The minimum Gasteiger partial charge on any atom is -0.336 e. The SMILES string of the molecule is O=C(c1cc(C(F)(F)F)c(Cc2ccccc2)c(C(F)(F)F)c1Cc1ccccc1)N1CCNCC1. The highest BCUT2D eigenvalue weighted by molar-refractivity contribution is 5.97. The predicted octanol–water partition coefficient (Wildman–Crippen LogP) is 5.95. The molecule has 36 heavy (non-hydrogen) atoms. The zero-order valence-electron chi connectivity index (χ0n) is 19.2. The van der Waals surface area contributed by atoms with E-state index in [1.807, 2.05) is 0 Å². The summed E-state index contributed by atoms with van der Waals surface area (Å²) in [4.78, 5) is 14.7. The monoisotopic (exact) mass is 506 g/mol. The minimum absolute atomic E-state index is 0.193. The number of piperazine rings is 1. The van der Waals surface area contributed by atoms with Crippen molar-refractivity contribution < 1.29 is 31.1 Å². The van der Waals surface area contributed by atoms with E-state index in [4.69, 9.17) is 0 Å². The summed E-state index contributed by atoms with van der Waals surface area (Å²) in [6.45, 7) is 1.20. The first kappa shape index (κ1) is 25.8. The zero-order chi connectivity index (χ0) is 25.9. The van der Waals surface area contributed by atoms with Gasteiger partial charge < -0.3 is 10.2 Å². The van der Waals surface area contributed by atoms with Crippen molar-refractivity contribution in [3.8, 4) is 0 Å². The standard InChI is InChI=1S/C27H24F6N2O/c28-26(29,30)23-17-21(25(36)35-13-11-34-12-14-35)20(15-18-7-3-1-4-8-18)24(27(31,32)33)22(23)16-19-9-5-2-6-10-19/h1-10,17,34H,11-16H2. The fourth-order valence-corrected chi connectivity index (χ4v) is 4.56. The molecule has 9 heteroatoms. The summed E-state index contributed by atoms with van der Waals surface area (Å²) < 4.78 is 86.8. The van der Waals surface area contributed by atoms with E-state index in [1.165, 1.54) is 17.0 Å². The van der Waals surface area contributed by atoms with Gasteiger partial charge in [0.1, 0.15) is 0 Å². The second-order valence-electron chi connectivity index (χ2n) is 8.67. The van der Waals surface area contributed by atoms with Gasteiger partial charge in [-0.25, -0.2) is 0 Å². The van der Waals surface area contributed by atoms with Crippen LogP contribution in [0.4, 0.5) is 26.3 Å². The van der Waals surface area contributed by atoms with Crippen LogP contribution >= 0.6 is 0 Å². The van der Waals surface area contributed by atoms with Crippen molar-refractivity contribution in [3.05, 3.63) is 106 Å². The van der Waals surface area contributed by atoms with Crippen LogP contribution in [0.1, 0.15) is 43.7 Å². The van der Waals surface area contributed by atoms with Crippen molar-refractivity contribution in [1.82, 2.24) is 10.2 Å². The highest BCUT2D eigenvalue weighted by Crippen LogP contribution is 2.44. The summed E-state index contributed by atoms with van der Waals surface area (Å²) in [5.41, 5.74) is -3.92. The average Bonchev–Trinajstić information content (AvgIpc) is 2.84. The third-order valence-electron chi connectivity index (χ3n) is 6.21. The number of rotatable bonds is 5. The Morgan fingerprint density at radius 3 is 1.72 bits per heavy atom. The van der Waals surface area contributed by atoms with Crippen LogP contribution in [-0.2, 0) is 25.2 Å². The van der Waals surface area contributed by atoms with Crippen molar-refractivity contribution >= 4 is 5.91 Å². The molecule has 3 aromatic rings. The van der Waals surface area contributed by atoms with Gasteiger partial charge in [0.25, 0.3) is 5.91 Å². The minimum atomic E-state index is -5.12. The summed E-state index contributed by atoms with van der Waals surface area (Å²) >= 11 is 0. The van der Waals surface area contributed by atoms with E-state index in [9.17, 15) is 31.1 Å². The molecule has 0 radical (unpaired) electrons. The van der Waals surface area contributed by atoms with Crippen LogP contribution in [0.15, 0.2) is 66.7 Å². The van der Waals surface area contributed by atoms with E-state index in [0.717, 1.165) is 0 Å². The number of halogens is 6. The molecule has 0 spiro atoms. The molecular formula is C27H24F6N2O. The molecule has 1 aliphatic heterocycles. The second-order valence-corrected chi connectivity index (χ2v) is 8.67. The topological polar surface area (TPSA) is 32.3 Å². The Morgan fingerprint density at radius 2 is 1.25 bits per heavy atom. The molecule has 1 aliphatic rings. The van der Waals surface area contributed by atoms with Crippen LogP contribution in [0.5, 0.6) is 0 Å². The third-order valence-corrected chi connectivity index (χ3v) is 6.21. The van der Waals surface area contributed by atoms with Crippen LogP contribution in [0.3, 0.4) is 0 Å². The lowest BCUT2D eigenvalue weighted by Gasteiger charge is -2.30. The van der Waals surface area contributed by atoms with Gasteiger partial charge in [-0.1, -0.05) is 60.7 Å². The molecule has 3 nitrogen and oxygen atoms in total. The number of nitrogens with one attached hydrogen (secondary N) is 1. The summed E-state index contributed by atoms with van der Waals surface area (Å²) in [7, 11) is 0. The molecule has 1 amide bonds. The molecule has 1 N–H and O–H groups in total. The molecule has 0 aromatic heterocycles. The maximum absolute atomic E-state index is 14.7. The number of hydrogen-bond acceptors (Lipinski definition) is 2. The van der Waals surface area contributed by atoms with Gasteiger partial charge in [0.15, 0.2) is 0 Å². The molecule has 3 aromatic carbocycles. The first-order chi connectivity index (χ1) is 17.1. The third kappa shape index (κ3) is 5.73. The molecular weight excluding hydrogens is 482 g/mol. The van der Waals surface area contributed by atoms with Crippen LogP contribution in [0, 0.1) is 0 Å². The maximum atomic E-state index is 14.7. The number of nitrogens with zero attached hydrogens (tertiary/aromatic N) is 1. The van der Waals surface area contributed by atoms with E-state index in [1.54, 1.807) is 48.5 Å². The smallest absolute Gasteiger partial charge is 0.336 e. The molecule has 1 fully saturated rings. The first-order valence-electron chi connectivity index (χ1n) is 11.5. The maximum Gasteiger partial charge on any atom is 0.417 e. The molecule has 0 unspecified atom stereocenters. The summed E-state index contributed by atoms with van der Waals surface area (Å²) in [6.07, 6.45) is -11.1. The Morgan fingerprint density at radius 1 is 0.750 bits per heavy atom. The van der Waals surface area contributed by atoms with Gasteiger partial charge in [0.05, 0.1) is 11.1 Å². The lowest BCUT2D eigenvalue weighted by Crippen LogP contribution is -2.46. The first-order valence-corrected chi connectivity index (χ1v) is 11.5. The Bertz CT molecular complexity index is 1200. The predicted molar refractivity (Wildman–Crippen MR) is 124 cm³/mol. The molecule has 0 aliphatic carbocycles. The Kier molecular flexibility index (Phi) is 7.40. The largest absolute Gasteiger partial charge is 0.417 e. The normalized spacial score (nSPS) is 14.7. The quantitative estimate of drug-likeness (QED) is 0.434. The highest BCUT2D eigenvalue weighted by atomic mass is 19.4. The molecule has 1 saturated heterocycles. The number of carbonyl (C=O) groups is 1. The molecule has 4 rings (SSSR count). The summed E-state index contributed by atoms with van der Waals surface area (Å²) in [6, 6.07) is 16.5. The number of benzene rings is 3. The number of carbonyl (C=O) groups excluding carboxylic acids is 1. The molecule has 1 heterocycles. The van der Waals surface area contributed by atoms with Gasteiger partial charge >= 0.3 is 12.4 Å². The second kappa shape index (κ2) is 10.3. The zero-order valence-corrected chi connectivity index (χ0v) is 19.2. The fourth-order valence-electron chi connectivity index (χ4n) is 4.56. The van der Waals surface area contributed by atoms with Crippen LogP contribution in [0.2, 0.25) is 0 Å². The van der Waals surface area contributed by atoms with E-state index in [2.05, 4.69) is 5.32 Å². The molecule has 190 valence electrons. The summed E-state index contributed by atoms with van der Waals surface area (Å²) in [5.74, 6) is -0.829. The lowest BCUT2D eigenvalue weighted by atomic mass is 9.84. The molecule has 0 atom stereocenters. The Balaban J connectivity index is 2.01. The highest BCUT2D eigenvalue weighted by Gasteiger charge is 2.44. The molecule has 0 bridgehead atoms. The van der Waals surface area contributed by atoms with Gasteiger partial charge in [-0.15, -0.1) is 0 Å². The number of alkyl halides is 6. The van der Waals surface area contributed by atoms with E-state index >= 15 is 0 Å². The van der Waals surface area contributed by atoms with E-state index < -0.39 is 52.5 Å². The van der Waals surface area contributed by atoms with E-state index in [0.29, 0.717) is 30.3 Å². The summed E-state index contributed by atoms with van der Waals surface area (Å²) in [5, 5.41) is 3.03. The Labute approximate surface area is 204 Å². The van der Waals surface area contributed by atoms with Crippen molar-refractivity contribution in [2.24, 2.45) is 0 Å². The van der Waals surface area contributed by atoms with Gasteiger partial charge in [-0.05, 0) is 41.2 Å². The van der Waals surface area contributed by atoms with Crippen molar-refractivity contribution in [3.63, 3.8) is 0 Å². The van der Waals surface area contributed by atoms with Gasteiger partial charge in [-0.3, -0.25) is 4.79 Å². The van der Waals surface area contributed by atoms with Crippen LogP contribution in [-0.4, -0.2) is 37.0 Å². The molecule has 0 saturated carbocycles. The van der Waals surface area contributed by atoms with Crippen LogP contribution in [0.25, 0.3) is 0 Å². The Hall–Kier alpha value is -3.33. The van der Waals surface area contributed by atoms with Crippen molar-refractivity contribution in [1.29, 1.82) is 0 Å². The number of amides is 1.